The van der Waals surface area contributed by atoms with E-state index >= 15 is 0 Å². The minimum atomic E-state index is -0.724. The van der Waals surface area contributed by atoms with Crippen molar-refractivity contribution in [2.45, 2.75) is 65.4 Å². The number of nitrogens with two attached hydrogens (primary N) is 1. The van der Waals surface area contributed by atoms with Crippen molar-refractivity contribution in [1.29, 1.82) is 0 Å². The molecule has 2 amide bonds. The predicted molar refractivity (Wildman–Crippen MR) is 102 cm³/mol. The fourth-order valence-corrected chi connectivity index (χ4v) is 2.15. The van der Waals surface area contributed by atoms with Gasteiger partial charge in [-0.25, -0.2) is 0 Å². The van der Waals surface area contributed by atoms with E-state index in [0.29, 0.717) is 6.61 Å². The molecule has 0 aliphatic carbocycles. The van der Waals surface area contributed by atoms with Crippen molar-refractivity contribution in [3.8, 4) is 0 Å². The largest absolute Gasteiger partial charge is 0.525 e. The van der Waals surface area contributed by atoms with Gasteiger partial charge in [0, 0.05) is 0 Å². The first-order chi connectivity index (χ1) is 12.4. The van der Waals surface area contributed by atoms with Crippen LogP contribution in [0.1, 0.15) is 47.1 Å². The van der Waals surface area contributed by atoms with Crippen LogP contribution in [0.4, 0.5) is 9.59 Å². The summed E-state index contributed by atoms with van der Waals surface area (Å²) < 4.78 is 16.3. The van der Waals surface area contributed by atoms with E-state index in [9.17, 15) is 9.59 Å². The SMILES string of the molecule is CC(C)(C)OC(=O)[NH+](CC(N)COCc1ccccc1)C(=O)OC(C)(C)C. The molecule has 7 heteroatoms. The minimum absolute atomic E-state index is 0.0125. The van der Waals surface area contributed by atoms with Crippen LogP contribution in [0.5, 0.6) is 0 Å². The standard InChI is InChI=1S/C20H32N2O5/c1-19(2,3)26-17(23)22(18(24)27-20(4,5)6)12-16(21)14-25-13-15-10-8-7-9-11-15/h7-11,16H,12-14,21H2,1-6H3/p+1. The van der Waals surface area contributed by atoms with Gasteiger partial charge in [-0.3, -0.25) is 0 Å². The molecule has 1 aromatic carbocycles. The van der Waals surface area contributed by atoms with Crippen molar-refractivity contribution in [1.82, 2.24) is 0 Å². The molecular formula is C20H33N2O5+. The number of carbonyl (C=O) groups excluding carboxylic acids is 2. The average Bonchev–Trinajstić information content (AvgIpc) is 2.50. The molecule has 1 rings (SSSR count). The number of hydrogen-bond acceptors (Lipinski definition) is 6. The minimum Gasteiger partial charge on any atom is -0.414 e. The van der Waals surface area contributed by atoms with Crippen LogP contribution in [-0.2, 0) is 20.8 Å². The summed E-state index contributed by atoms with van der Waals surface area (Å²) in [6.07, 6.45) is -1.43. The molecule has 0 saturated carbocycles. The van der Waals surface area contributed by atoms with Gasteiger partial charge in [0.2, 0.25) is 0 Å². The van der Waals surface area contributed by atoms with E-state index in [1.54, 1.807) is 41.5 Å². The van der Waals surface area contributed by atoms with Crippen molar-refractivity contribution in [3.05, 3.63) is 35.9 Å². The molecule has 0 aromatic heterocycles. The Morgan fingerprint density at radius 1 is 0.963 bits per heavy atom. The molecule has 0 heterocycles. The number of nitrogens with one attached hydrogen (secondary N) is 1. The van der Waals surface area contributed by atoms with Gasteiger partial charge in [0.1, 0.15) is 17.7 Å². The summed E-state index contributed by atoms with van der Waals surface area (Å²) in [6, 6.07) is 9.14. The number of carbonyl (C=O) groups is 2. The van der Waals surface area contributed by atoms with Crippen LogP contribution in [0.2, 0.25) is 0 Å². The van der Waals surface area contributed by atoms with Crippen LogP contribution < -0.4 is 10.6 Å². The second kappa shape index (κ2) is 9.82. The lowest BCUT2D eigenvalue weighted by atomic mass is 10.2. The van der Waals surface area contributed by atoms with Crippen molar-refractivity contribution in [2.75, 3.05) is 13.2 Å². The van der Waals surface area contributed by atoms with Crippen molar-refractivity contribution in [3.63, 3.8) is 0 Å². The first kappa shape index (κ1) is 23.1. The predicted octanol–water partition coefficient (Wildman–Crippen LogP) is 2.29. The Balaban J connectivity index is 2.68. The molecule has 0 spiro atoms. The number of rotatable bonds is 6. The van der Waals surface area contributed by atoms with Gasteiger partial charge in [-0.1, -0.05) is 30.3 Å². The summed E-state index contributed by atoms with van der Waals surface area (Å²) in [7, 11) is 0. The van der Waals surface area contributed by atoms with Crippen LogP contribution in [0.3, 0.4) is 0 Å². The topological polar surface area (TPSA) is 92.3 Å². The Hall–Kier alpha value is -1.96. The summed E-state index contributed by atoms with van der Waals surface area (Å²) in [4.78, 5) is 24.8. The molecule has 1 aromatic rings. The van der Waals surface area contributed by atoms with E-state index in [-0.39, 0.29) is 18.1 Å². The van der Waals surface area contributed by atoms with Crippen LogP contribution in [-0.4, -0.2) is 42.6 Å². The number of amides is 2. The van der Waals surface area contributed by atoms with Crippen LogP contribution in [0.25, 0.3) is 0 Å². The third kappa shape index (κ3) is 10.1. The monoisotopic (exact) mass is 381 g/mol. The van der Waals surface area contributed by atoms with Gasteiger partial charge in [0.25, 0.3) is 0 Å². The molecule has 0 fully saturated rings. The summed E-state index contributed by atoms with van der Waals surface area (Å²) in [5.41, 5.74) is 5.65. The zero-order valence-electron chi connectivity index (χ0n) is 17.2. The van der Waals surface area contributed by atoms with E-state index in [0.717, 1.165) is 5.56 Å². The third-order valence-electron chi connectivity index (χ3n) is 3.20. The molecule has 7 nitrogen and oxygen atoms in total. The Morgan fingerprint density at radius 3 is 1.89 bits per heavy atom. The average molecular weight is 381 g/mol. The Kier molecular flexibility index (Phi) is 8.40. The first-order valence-electron chi connectivity index (χ1n) is 9.07. The van der Waals surface area contributed by atoms with E-state index in [2.05, 4.69) is 0 Å². The van der Waals surface area contributed by atoms with Crippen molar-refractivity contribution >= 4 is 12.2 Å². The highest BCUT2D eigenvalue weighted by atomic mass is 16.6. The number of benzene rings is 1. The maximum Gasteiger partial charge on any atom is 0.525 e. The Bertz CT molecular complexity index is 577. The fourth-order valence-electron chi connectivity index (χ4n) is 2.15. The van der Waals surface area contributed by atoms with Gasteiger partial charge in [-0.2, -0.15) is 9.59 Å². The maximum atomic E-state index is 12.5. The Morgan fingerprint density at radius 2 is 1.44 bits per heavy atom. The van der Waals surface area contributed by atoms with Crippen molar-refractivity contribution in [2.24, 2.45) is 5.73 Å². The number of ether oxygens (including phenoxy) is 3. The van der Waals surface area contributed by atoms with Crippen LogP contribution in [0, 0.1) is 0 Å². The summed E-state index contributed by atoms with van der Waals surface area (Å²) >= 11 is 0. The second-order valence-corrected chi connectivity index (χ2v) is 8.45. The molecule has 0 bridgehead atoms. The second-order valence-electron chi connectivity index (χ2n) is 8.45. The lowest BCUT2D eigenvalue weighted by Crippen LogP contribution is -3.18. The summed E-state index contributed by atoms with van der Waals surface area (Å²) in [5, 5.41) is 0. The van der Waals surface area contributed by atoms with Gasteiger partial charge in [0.15, 0.2) is 0 Å². The van der Waals surface area contributed by atoms with E-state index in [1.165, 1.54) is 0 Å². The van der Waals surface area contributed by atoms with Gasteiger partial charge in [-0.15, -0.1) is 4.90 Å². The normalized spacial score (nSPS) is 13.3. The highest BCUT2D eigenvalue weighted by Gasteiger charge is 2.38. The highest BCUT2D eigenvalue weighted by molar-refractivity contribution is 5.72. The molecule has 0 aliphatic heterocycles. The molecule has 152 valence electrons. The van der Waals surface area contributed by atoms with Gasteiger partial charge in [0.05, 0.1) is 19.3 Å². The lowest BCUT2D eigenvalue weighted by molar-refractivity contribution is -0.749. The summed E-state index contributed by atoms with van der Waals surface area (Å²) in [5.74, 6) is 0. The molecule has 1 atom stereocenters. The molecule has 0 radical (unpaired) electrons. The molecule has 27 heavy (non-hydrogen) atoms. The van der Waals surface area contributed by atoms with Crippen LogP contribution >= 0.6 is 0 Å². The Labute approximate surface area is 161 Å². The summed E-state index contributed by atoms with van der Waals surface area (Å²) in [6.45, 7) is 11.0. The molecular weight excluding hydrogens is 348 g/mol. The molecule has 3 N–H and O–H groups in total. The van der Waals surface area contributed by atoms with Gasteiger partial charge >= 0.3 is 12.2 Å². The van der Waals surface area contributed by atoms with E-state index in [1.807, 2.05) is 30.3 Å². The maximum absolute atomic E-state index is 12.5. The fraction of sp³-hybridized carbons (Fsp3) is 0.600. The van der Waals surface area contributed by atoms with Gasteiger partial charge < -0.3 is 19.9 Å². The lowest BCUT2D eigenvalue weighted by Gasteiger charge is -2.25. The molecule has 1 unspecified atom stereocenters. The van der Waals surface area contributed by atoms with Gasteiger partial charge in [-0.05, 0) is 47.1 Å². The van der Waals surface area contributed by atoms with E-state index < -0.39 is 29.4 Å². The highest BCUT2D eigenvalue weighted by Crippen LogP contribution is 2.08. The smallest absolute Gasteiger partial charge is 0.414 e. The number of quaternary nitrogens is 1. The molecule has 0 saturated heterocycles. The van der Waals surface area contributed by atoms with Crippen LogP contribution in [0.15, 0.2) is 30.3 Å². The zero-order valence-corrected chi connectivity index (χ0v) is 17.2. The zero-order chi connectivity index (χ0) is 20.7. The number of alkyl carbamates (subject to hydrolysis) is 4. The van der Waals surface area contributed by atoms with Crippen molar-refractivity contribution < 1.29 is 28.7 Å². The quantitative estimate of drug-likeness (QED) is 0.785. The van der Waals surface area contributed by atoms with E-state index in [4.69, 9.17) is 19.9 Å². The third-order valence-corrected chi connectivity index (χ3v) is 3.20. The molecule has 0 aliphatic rings. The number of imide groups is 1. The number of hydrogen-bond donors (Lipinski definition) is 2. The first-order valence-corrected chi connectivity index (χ1v) is 9.07.